The van der Waals surface area contributed by atoms with Crippen LogP contribution in [0, 0.1) is 5.41 Å². The van der Waals surface area contributed by atoms with Crippen LogP contribution < -0.4 is 0 Å². The number of hydrogen-bond acceptors (Lipinski definition) is 2. The number of carbonyl (C=O) groups is 1. The Hall–Kier alpha value is -1.12. The number of hydrogen-bond donors (Lipinski definition) is 0. The molecule has 0 aliphatic carbocycles. The number of aromatic nitrogens is 2. The summed E-state index contributed by atoms with van der Waals surface area (Å²) in [6.07, 6.45) is 2.50. The van der Waals surface area contributed by atoms with E-state index in [1.54, 1.807) is 6.92 Å². The zero-order valence-electron chi connectivity index (χ0n) is 11.7. The molecule has 1 aromatic heterocycles. The second-order valence-electron chi connectivity index (χ2n) is 5.52. The molecule has 0 aliphatic heterocycles. The molecule has 0 fully saturated rings. The van der Waals surface area contributed by atoms with Crippen LogP contribution in [0.3, 0.4) is 0 Å². The number of carbonyl (C=O) groups excluding carboxylic acids is 1. The molecule has 17 heavy (non-hydrogen) atoms. The predicted molar refractivity (Wildman–Crippen MR) is 70.1 cm³/mol. The van der Waals surface area contributed by atoms with E-state index in [9.17, 15) is 4.79 Å². The van der Waals surface area contributed by atoms with Crippen LogP contribution >= 0.6 is 0 Å². The summed E-state index contributed by atoms with van der Waals surface area (Å²) >= 11 is 0. The summed E-state index contributed by atoms with van der Waals surface area (Å²) in [5.41, 5.74) is 2.40. The van der Waals surface area contributed by atoms with Gasteiger partial charge in [-0.3, -0.25) is 4.68 Å². The van der Waals surface area contributed by atoms with E-state index in [2.05, 4.69) is 43.5 Å². The van der Waals surface area contributed by atoms with E-state index < -0.39 is 0 Å². The van der Waals surface area contributed by atoms with Crippen LogP contribution in [0.4, 0.5) is 0 Å². The van der Waals surface area contributed by atoms with Gasteiger partial charge < -0.3 is 4.79 Å². The Bertz CT molecular complexity index is 391. The summed E-state index contributed by atoms with van der Waals surface area (Å²) < 4.78 is 2.06. The minimum atomic E-state index is 0.0177. The fourth-order valence-electron chi connectivity index (χ4n) is 2.33. The van der Waals surface area contributed by atoms with Gasteiger partial charge >= 0.3 is 0 Å². The predicted octanol–water partition coefficient (Wildman–Crippen LogP) is 3.01. The van der Waals surface area contributed by atoms with E-state index in [0.29, 0.717) is 6.42 Å². The van der Waals surface area contributed by atoms with Crippen LogP contribution in [-0.2, 0) is 24.2 Å². The minimum absolute atomic E-state index is 0.0177. The van der Waals surface area contributed by atoms with Crippen LogP contribution in [0.1, 0.15) is 52.4 Å². The van der Waals surface area contributed by atoms with Gasteiger partial charge in [0.1, 0.15) is 5.78 Å². The van der Waals surface area contributed by atoms with Crippen LogP contribution in [0.5, 0.6) is 0 Å². The van der Waals surface area contributed by atoms with E-state index in [1.165, 1.54) is 5.69 Å². The van der Waals surface area contributed by atoms with Gasteiger partial charge in [0.2, 0.25) is 0 Å². The van der Waals surface area contributed by atoms with Gasteiger partial charge in [0, 0.05) is 18.7 Å². The summed E-state index contributed by atoms with van der Waals surface area (Å²) in [5.74, 6) is 0.258. The van der Waals surface area contributed by atoms with E-state index in [-0.39, 0.29) is 11.2 Å². The zero-order valence-corrected chi connectivity index (χ0v) is 11.7. The molecule has 0 saturated carbocycles. The molecule has 0 aliphatic rings. The first-order valence-corrected chi connectivity index (χ1v) is 6.43. The highest BCUT2D eigenvalue weighted by Crippen LogP contribution is 2.26. The number of rotatable bonds is 6. The van der Waals surface area contributed by atoms with Crippen LogP contribution in [0.15, 0.2) is 6.07 Å². The van der Waals surface area contributed by atoms with E-state index in [1.807, 2.05) is 0 Å². The van der Waals surface area contributed by atoms with Gasteiger partial charge in [-0.05, 0) is 38.2 Å². The molecule has 0 amide bonds. The highest BCUT2D eigenvalue weighted by Gasteiger charge is 2.22. The van der Waals surface area contributed by atoms with Gasteiger partial charge in [-0.15, -0.1) is 0 Å². The van der Waals surface area contributed by atoms with Gasteiger partial charge in [0.25, 0.3) is 0 Å². The van der Waals surface area contributed by atoms with E-state index in [0.717, 1.165) is 25.1 Å². The molecular formula is C14H24N2O. The molecule has 0 atom stereocenters. The third-order valence-electron chi connectivity index (χ3n) is 2.96. The third kappa shape index (κ3) is 3.99. The van der Waals surface area contributed by atoms with Crippen molar-refractivity contribution in [3.05, 3.63) is 17.5 Å². The van der Waals surface area contributed by atoms with Crippen molar-refractivity contribution < 1.29 is 4.79 Å². The number of ketones is 1. The first-order chi connectivity index (χ1) is 7.88. The molecule has 1 aromatic rings. The van der Waals surface area contributed by atoms with Crippen LogP contribution in [0.2, 0.25) is 0 Å². The van der Waals surface area contributed by atoms with Crippen LogP contribution in [0.25, 0.3) is 0 Å². The summed E-state index contributed by atoms with van der Waals surface area (Å²) in [4.78, 5) is 11.2. The fourth-order valence-corrected chi connectivity index (χ4v) is 2.33. The highest BCUT2D eigenvalue weighted by molar-refractivity contribution is 5.76. The molecule has 3 heteroatoms. The SMILES string of the molecule is CCc1cc(CC(C)(C)CC(C)=O)n(CC)n1. The Morgan fingerprint density at radius 3 is 2.53 bits per heavy atom. The molecule has 0 spiro atoms. The average molecular weight is 236 g/mol. The summed E-state index contributed by atoms with van der Waals surface area (Å²) in [5, 5.41) is 4.54. The van der Waals surface area contributed by atoms with Crippen molar-refractivity contribution in [3.63, 3.8) is 0 Å². The molecule has 0 N–H and O–H groups in total. The first kappa shape index (κ1) is 13.9. The van der Waals surface area contributed by atoms with Gasteiger partial charge in [0.05, 0.1) is 5.69 Å². The van der Waals surface area contributed by atoms with E-state index >= 15 is 0 Å². The van der Waals surface area contributed by atoms with Crippen molar-refractivity contribution in [3.8, 4) is 0 Å². The monoisotopic (exact) mass is 236 g/mol. The Kier molecular flexibility index (Phi) is 4.49. The lowest BCUT2D eigenvalue weighted by molar-refractivity contribution is -0.118. The van der Waals surface area contributed by atoms with Crippen LogP contribution in [-0.4, -0.2) is 15.6 Å². The normalized spacial score (nSPS) is 11.8. The summed E-state index contributed by atoms with van der Waals surface area (Å²) in [6.45, 7) is 11.1. The average Bonchev–Trinajstić information content (AvgIpc) is 2.57. The first-order valence-electron chi connectivity index (χ1n) is 6.43. The number of aryl methyl sites for hydroxylation is 2. The number of Topliss-reactive ketones (excluding diaryl/α,β-unsaturated/α-hetero) is 1. The Morgan fingerprint density at radius 2 is 2.06 bits per heavy atom. The lowest BCUT2D eigenvalue weighted by Crippen LogP contribution is -2.20. The minimum Gasteiger partial charge on any atom is -0.300 e. The fraction of sp³-hybridized carbons (Fsp3) is 0.714. The molecule has 0 bridgehead atoms. The molecule has 1 rings (SSSR count). The van der Waals surface area contributed by atoms with Crippen molar-refractivity contribution >= 4 is 5.78 Å². The largest absolute Gasteiger partial charge is 0.300 e. The second kappa shape index (κ2) is 5.48. The highest BCUT2D eigenvalue weighted by atomic mass is 16.1. The van der Waals surface area contributed by atoms with Crippen molar-refractivity contribution in [2.45, 2.75) is 60.4 Å². The third-order valence-corrected chi connectivity index (χ3v) is 2.96. The second-order valence-corrected chi connectivity index (χ2v) is 5.52. The Morgan fingerprint density at radius 1 is 1.41 bits per heavy atom. The van der Waals surface area contributed by atoms with Gasteiger partial charge in [-0.25, -0.2) is 0 Å². The van der Waals surface area contributed by atoms with Crippen molar-refractivity contribution in [1.29, 1.82) is 0 Å². The molecule has 0 radical (unpaired) electrons. The molecule has 96 valence electrons. The zero-order chi connectivity index (χ0) is 13.1. The molecule has 0 aromatic carbocycles. The quantitative estimate of drug-likeness (QED) is 0.761. The van der Waals surface area contributed by atoms with Crippen molar-refractivity contribution in [2.75, 3.05) is 0 Å². The summed E-state index contributed by atoms with van der Waals surface area (Å²) in [7, 11) is 0. The molecule has 0 unspecified atom stereocenters. The topological polar surface area (TPSA) is 34.9 Å². The van der Waals surface area contributed by atoms with Gasteiger partial charge in [0.15, 0.2) is 0 Å². The summed E-state index contributed by atoms with van der Waals surface area (Å²) in [6, 6.07) is 2.17. The Labute approximate surface area is 104 Å². The molecule has 3 nitrogen and oxygen atoms in total. The molecule has 0 saturated heterocycles. The van der Waals surface area contributed by atoms with Gasteiger partial charge in [-0.2, -0.15) is 5.10 Å². The maximum atomic E-state index is 11.2. The van der Waals surface area contributed by atoms with Crippen molar-refractivity contribution in [2.24, 2.45) is 5.41 Å². The maximum absolute atomic E-state index is 11.2. The van der Waals surface area contributed by atoms with Gasteiger partial charge in [-0.1, -0.05) is 20.8 Å². The van der Waals surface area contributed by atoms with Crippen molar-refractivity contribution in [1.82, 2.24) is 9.78 Å². The lowest BCUT2D eigenvalue weighted by Gasteiger charge is -2.23. The number of nitrogens with zero attached hydrogens (tertiary/aromatic N) is 2. The smallest absolute Gasteiger partial charge is 0.130 e. The lowest BCUT2D eigenvalue weighted by atomic mass is 9.83. The standard InChI is InChI=1S/C14H24N2O/c1-6-12-8-13(16(7-2)15-12)10-14(4,5)9-11(3)17/h8H,6-7,9-10H2,1-5H3. The molecular weight excluding hydrogens is 212 g/mol. The van der Waals surface area contributed by atoms with E-state index in [4.69, 9.17) is 0 Å². The maximum Gasteiger partial charge on any atom is 0.130 e. The Balaban J connectivity index is 2.85. The molecule has 1 heterocycles.